The molecule has 21 nitrogen and oxygen atoms in total. The number of aliphatic hydroxyl groups is 4. The molecule has 0 bridgehead atoms. The molecule has 8 heterocycles. The van der Waals surface area contributed by atoms with Gasteiger partial charge in [0.1, 0.15) is 73.2 Å². The molecule has 16 atom stereocenters. The number of hydrogen-bond donors (Lipinski definition) is 4. The molecule has 8 aliphatic heterocycles. The van der Waals surface area contributed by atoms with Crippen LogP contribution in [0.25, 0.3) is 0 Å². The Morgan fingerprint density at radius 1 is 0.538 bits per heavy atom. The standard InChI is InChI=1S/C14H18O5S.C13H15BrO5S.C13H16O5S.C7H12O2.C6H10O4/c1-9-3-5-11(6-4-9)20(15,16)19-12-8-18-13-10(2)7-17-14(12)13;1-8-2-4-9(5-3-8)20(15,16)19-11-7-18-12-10(14)6-17-13(11)12;1-10-4-6-11(7-5-10)19(15,16)18-13(9-14)12-3-2-8-17-12;1-2-6(8)7-4-3-5-9-7;7-3-1-9-6-4(8)2-10-5(3)6/h3-6,10,12-14H,7-8H2,1-2H3;2-5,10-13H,6-7H2,1H3;2-7,12-14H,8-9H2,1H3;3-4,6-8H,2,5H2,1H3;3-8H,1-2H2/t10-,12+,13-,14-;10-,11-,12+,13+;12-,13-;6-,7+;3-,4+,5-,6-/m10011/s1. The van der Waals surface area contributed by atoms with Gasteiger partial charge in [-0.3, -0.25) is 12.5 Å². The van der Waals surface area contributed by atoms with Gasteiger partial charge in [0.25, 0.3) is 30.4 Å². The quantitative estimate of drug-likeness (QED) is 0.108. The Hall–Kier alpha value is -3.13. The van der Waals surface area contributed by atoms with E-state index < -0.39 is 73.6 Å². The second-order valence-corrected chi connectivity index (χ2v) is 25.6. The van der Waals surface area contributed by atoms with Crippen molar-refractivity contribution in [1.82, 2.24) is 0 Å². The molecular formula is C53H71BrO21S3. The molecular weight excluding hydrogens is 1150 g/mol. The van der Waals surface area contributed by atoms with E-state index in [1.807, 2.05) is 46.8 Å². The summed E-state index contributed by atoms with van der Waals surface area (Å²) < 4.78 is 131. The van der Waals surface area contributed by atoms with Crippen molar-refractivity contribution in [3.63, 3.8) is 0 Å². The Balaban J connectivity index is 0.000000146. The summed E-state index contributed by atoms with van der Waals surface area (Å²) in [6, 6.07) is 19.5. The molecule has 6 saturated heterocycles. The minimum Gasteiger partial charge on any atom is -0.394 e. The van der Waals surface area contributed by atoms with Crippen molar-refractivity contribution in [2.24, 2.45) is 5.92 Å². The van der Waals surface area contributed by atoms with Crippen molar-refractivity contribution in [3.05, 3.63) is 114 Å². The van der Waals surface area contributed by atoms with E-state index in [1.54, 1.807) is 72.8 Å². The highest BCUT2D eigenvalue weighted by Gasteiger charge is 2.50. The number of aryl methyl sites for hydroxylation is 3. The summed E-state index contributed by atoms with van der Waals surface area (Å²) in [5.41, 5.74) is 2.95. The Bertz CT molecular complexity index is 2640. The zero-order valence-corrected chi connectivity index (χ0v) is 47.9. The Labute approximate surface area is 465 Å². The number of hydrogen-bond acceptors (Lipinski definition) is 21. The number of aliphatic hydroxyl groups excluding tert-OH is 4. The largest absolute Gasteiger partial charge is 0.394 e. The van der Waals surface area contributed by atoms with Gasteiger partial charge in [-0.15, -0.1) is 0 Å². The lowest BCUT2D eigenvalue weighted by molar-refractivity contribution is 0.00185. The maximum Gasteiger partial charge on any atom is 0.297 e. The van der Waals surface area contributed by atoms with Crippen LogP contribution in [0.15, 0.2) is 112 Å². The fourth-order valence-electron chi connectivity index (χ4n) is 9.18. The summed E-state index contributed by atoms with van der Waals surface area (Å²) in [4.78, 5) is 0.472. The van der Waals surface area contributed by atoms with Crippen LogP contribution >= 0.6 is 15.9 Å². The Morgan fingerprint density at radius 2 is 0.936 bits per heavy atom. The van der Waals surface area contributed by atoms with E-state index in [2.05, 4.69) is 15.9 Å². The fourth-order valence-corrected chi connectivity index (χ4v) is 13.0. The van der Waals surface area contributed by atoms with Crippen LogP contribution in [0.4, 0.5) is 0 Å². The van der Waals surface area contributed by atoms with Crippen molar-refractivity contribution in [3.8, 4) is 0 Å². The zero-order chi connectivity index (χ0) is 56.4. The van der Waals surface area contributed by atoms with Gasteiger partial charge in [0.05, 0.1) is 91.2 Å². The lowest BCUT2D eigenvalue weighted by Gasteiger charge is -2.20. The van der Waals surface area contributed by atoms with Gasteiger partial charge in [0.15, 0.2) is 0 Å². The van der Waals surface area contributed by atoms with Gasteiger partial charge >= 0.3 is 0 Å². The van der Waals surface area contributed by atoms with E-state index in [9.17, 15) is 35.5 Å². The molecule has 8 aliphatic rings. The number of halogens is 1. The van der Waals surface area contributed by atoms with Gasteiger partial charge in [-0.05, 0) is 63.6 Å². The molecule has 0 spiro atoms. The van der Waals surface area contributed by atoms with Gasteiger partial charge < -0.3 is 58.3 Å². The molecule has 0 saturated carbocycles. The summed E-state index contributed by atoms with van der Waals surface area (Å²) in [5.74, 6) is 0.274. The predicted octanol–water partition coefficient (Wildman–Crippen LogP) is 3.37. The molecule has 0 aliphatic carbocycles. The van der Waals surface area contributed by atoms with Gasteiger partial charge in [-0.2, -0.15) is 25.3 Å². The highest BCUT2D eigenvalue weighted by atomic mass is 79.9. The number of ether oxygens (including phenoxy) is 8. The van der Waals surface area contributed by atoms with E-state index in [0.717, 1.165) is 23.1 Å². The number of benzene rings is 3. The molecule has 0 amide bonds. The van der Waals surface area contributed by atoms with Crippen LogP contribution < -0.4 is 0 Å². The average Bonchev–Trinajstić information content (AvgIpc) is 4.31. The summed E-state index contributed by atoms with van der Waals surface area (Å²) in [6.07, 6.45) is 2.55. The molecule has 3 aromatic rings. The van der Waals surface area contributed by atoms with E-state index >= 15 is 0 Å². The molecule has 4 N–H and O–H groups in total. The van der Waals surface area contributed by atoms with Crippen LogP contribution in [0.3, 0.4) is 0 Å². The van der Waals surface area contributed by atoms with Gasteiger partial charge in [0, 0.05) is 5.92 Å². The van der Waals surface area contributed by atoms with Crippen LogP contribution in [0.5, 0.6) is 0 Å². The molecule has 0 aromatic heterocycles. The van der Waals surface area contributed by atoms with Crippen molar-refractivity contribution >= 4 is 46.3 Å². The van der Waals surface area contributed by atoms with Crippen LogP contribution in [-0.4, -0.2) is 195 Å². The Kier molecular flexibility index (Phi) is 22.6. The molecule has 11 rings (SSSR count). The molecule has 3 aromatic carbocycles. The first-order valence-electron chi connectivity index (χ1n) is 25.7. The van der Waals surface area contributed by atoms with Gasteiger partial charge in [0.2, 0.25) is 0 Å². The second kappa shape index (κ2) is 28.2. The van der Waals surface area contributed by atoms with E-state index in [-0.39, 0.29) is 101 Å². The molecule has 0 radical (unpaired) electrons. The van der Waals surface area contributed by atoms with Crippen molar-refractivity contribution < 1.29 is 96.1 Å². The third-order valence-corrected chi connectivity index (χ3v) is 18.5. The Morgan fingerprint density at radius 3 is 1.37 bits per heavy atom. The summed E-state index contributed by atoms with van der Waals surface area (Å²) in [7, 11) is -11.5. The third kappa shape index (κ3) is 16.3. The zero-order valence-electron chi connectivity index (χ0n) is 43.9. The average molecular weight is 1220 g/mol. The smallest absolute Gasteiger partial charge is 0.297 e. The van der Waals surface area contributed by atoms with E-state index in [1.165, 1.54) is 12.1 Å². The van der Waals surface area contributed by atoms with Crippen molar-refractivity contribution in [2.75, 3.05) is 59.5 Å². The minimum absolute atomic E-state index is 0.0463. The first kappa shape index (κ1) is 62.5. The molecule has 0 unspecified atom stereocenters. The highest BCUT2D eigenvalue weighted by Crippen LogP contribution is 2.35. The van der Waals surface area contributed by atoms with Crippen molar-refractivity contribution in [2.45, 2.75) is 146 Å². The van der Waals surface area contributed by atoms with E-state index in [0.29, 0.717) is 26.4 Å². The SMILES string of the molecule is CC[C@@H](O)[C@@H]1C=CCO1.Cc1ccc(S(=O)(=O)O[C@@H](CO)[C@@H]2C=CCO2)cc1.Cc1ccc(S(=O)(=O)O[C@H]2CO[C@H]3[C@@H]2OC[C@@H]3Br)cc1.Cc1ccc(S(=O)(=O)O[C@H]2CO[C@H]3[C@@H]2OC[C@H]3C)cc1.O[C@@H]1CO[C@H]2[C@@H]1OC[C@@H]2O. The first-order chi connectivity index (χ1) is 37.1. The lowest BCUT2D eigenvalue weighted by Crippen LogP contribution is -2.33. The second-order valence-electron chi connectivity index (χ2n) is 19.7. The molecule has 78 heavy (non-hydrogen) atoms. The van der Waals surface area contributed by atoms with Crippen molar-refractivity contribution in [1.29, 1.82) is 0 Å². The predicted molar refractivity (Wildman–Crippen MR) is 283 cm³/mol. The summed E-state index contributed by atoms with van der Waals surface area (Å²) in [6.45, 7) is 12.4. The number of alkyl halides is 1. The highest BCUT2D eigenvalue weighted by molar-refractivity contribution is 9.09. The molecule has 25 heteroatoms. The monoisotopic (exact) mass is 1220 g/mol. The first-order valence-corrected chi connectivity index (χ1v) is 30.8. The number of rotatable bonds is 13. The fraction of sp³-hybridized carbons (Fsp3) is 0.585. The van der Waals surface area contributed by atoms with Crippen LogP contribution in [-0.2, 0) is 80.8 Å². The van der Waals surface area contributed by atoms with Crippen LogP contribution in [0, 0.1) is 26.7 Å². The maximum absolute atomic E-state index is 12.2. The minimum atomic E-state index is -3.90. The topological polar surface area (TPSA) is 285 Å². The number of fused-ring (bicyclic) bond motifs is 3. The summed E-state index contributed by atoms with van der Waals surface area (Å²) >= 11 is 3.45. The van der Waals surface area contributed by atoms with Gasteiger partial charge in [-0.25, -0.2) is 0 Å². The normalized spacial score (nSPS) is 32.3. The molecule has 434 valence electrons. The molecule has 6 fully saturated rings. The van der Waals surface area contributed by atoms with Gasteiger partial charge in [-0.1, -0.05) is 107 Å². The summed E-state index contributed by atoms with van der Waals surface area (Å²) in [5, 5.41) is 36.7. The lowest BCUT2D eigenvalue weighted by atomic mass is 10.0. The maximum atomic E-state index is 12.2. The third-order valence-electron chi connectivity index (χ3n) is 13.6. The van der Waals surface area contributed by atoms with Crippen LogP contribution in [0.2, 0.25) is 0 Å². The van der Waals surface area contributed by atoms with Crippen LogP contribution in [0.1, 0.15) is 37.0 Å². The van der Waals surface area contributed by atoms with E-state index in [4.69, 9.17) is 60.7 Å².